The first kappa shape index (κ1) is 25.1. The largest absolute Gasteiger partial charge is 0.497 e. The molecule has 0 N–H and O–H groups in total. The van der Waals surface area contributed by atoms with Crippen LogP contribution >= 0.6 is 15.9 Å². The fourth-order valence-electron chi connectivity index (χ4n) is 3.42. The summed E-state index contributed by atoms with van der Waals surface area (Å²) in [5.74, 6) is 1.91. The summed E-state index contributed by atoms with van der Waals surface area (Å²) in [7, 11) is 2.99. The number of ether oxygens (including phenoxy) is 4. The summed E-state index contributed by atoms with van der Waals surface area (Å²) in [4.78, 5) is 12.1. The summed E-state index contributed by atoms with van der Waals surface area (Å²) in [6.45, 7) is 0.373. The highest BCUT2D eigenvalue weighted by atomic mass is 79.9. The van der Waals surface area contributed by atoms with Gasteiger partial charge in [0.1, 0.15) is 18.1 Å². The van der Waals surface area contributed by atoms with Crippen molar-refractivity contribution in [1.82, 2.24) is 0 Å². The van der Waals surface area contributed by atoms with E-state index in [2.05, 4.69) is 15.9 Å². The van der Waals surface area contributed by atoms with Crippen LogP contribution in [-0.2, 0) is 11.3 Å². The van der Waals surface area contributed by atoms with Crippen molar-refractivity contribution < 1.29 is 23.7 Å². The van der Waals surface area contributed by atoms with Gasteiger partial charge in [0, 0.05) is 4.47 Å². The monoisotopic (exact) mass is 544 g/mol. The van der Waals surface area contributed by atoms with E-state index in [9.17, 15) is 4.79 Å². The minimum absolute atomic E-state index is 0.373. The number of carbonyl (C=O) groups is 1. The zero-order valence-corrected chi connectivity index (χ0v) is 21.5. The molecule has 0 bridgehead atoms. The number of rotatable bonds is 9. The van der Waals surface area contributed by atoms with Crippen LogP contribution in [-0.4, -0.2) is 20.2 Å². The second-order valence-electron chi connectivity index (χ2n) is 7.82. The van der Waals surface area contributed by atoms with Gasteiger partial charge in [-0.15, -0.1) is 0 Å². The number of hydrogen-bond donors (Lipinski definition) is 0. The second kappa shape index (κ2) is 12.1. The van der Waals surface area contributed by atoms with Gasteiger partial charge in [0.15, 0.2) is 11.5 Å². The van der Waals surface area contributed by atoms with Gasteiger partial charge >= 0.3 is 5.97 Å². The smallest absolute Gasteiger partial charge is 0.337 e. The molecule has 4 rings (SSSR count). The van der Waals surface area contributed by atoms with E-state index < -0.39 is 5.97 Å². The molecule has 0 unspecified atom stereocenters. The molecule has 0 saturated carbocycles. The van der Waals surface area contributed by atoms with E-state index in [1.54, 1.807) is 25.3 Å². The van der Waals surface area contributed by atoms with Crippen molar-refractivity contribution in [2.45, 2.75) is 6.61 Å². The van der Waals surface area contributed by atoms with E-state index in [0.29, 0.717) is 29.4 Å². The summed E-state index contributed by atoms with van der Waals surface area (Å²) in [5, 5.41) is 0. The average molecular weight is 545 g/mol. The van der Waals surface area contributed by atoms with Crippen molar-refractivity contribution in [3.8, 4) is 23.0 Å². The van der Waals surface area contributed by atoms with E-state index >= 15 is 0 Å². The third kappa shape index (κ3) is 6.55. The van der Waals surface area contributed by atoms with Crippen LogP contribution in [0.25, 0.3) is 12.2 Å². The summed E-state index contributed by atoms with van der Waals surface area (Å²) in [6, 6.07) is 28.3. The van der Waals surface area contributed by atoms with Crippen LogP contribution in [0, 0.1) is 0 Å². The molecule has 0 amide bonds. The van der Waals surface area contributed by atoms with Gasteiger partial charge in [0.25, 0.3) is 0 Å². The van der Waals surface area contributed by atoms with E-state index in [1.165, 1.54) is 7.11 Å². The van der Waals surface area contributed by atoms with Gasteiger partial charge in [-0.1, -0.05) is 70.5 Å². The average Bonchev–Trinajstić information content (AvgIpc) is 2.92. The van der Waals surface area contributed by atoms with Crippen molar-refractivity contribution in [3.63, 3.8) is 0 Å². The molecule has 4 aromatic carbocycles. The number of benzene rings is 4. The lowest BCUT2D eigenvalue weighted by atomic mass is 10.1. The molecule has 0 fully saturated rings. The highest BCUT2D eigenvalue weighted by molar-refractivity contribution is 9.10. The first-order chi connectivity index (χ1) is 17.6. The SMILES string of the molecule is COC(=O)c1ccc(OCc2ccccc2)c(Oc2ccc(/C=C/c3cc(OC)ccc3Br)cc2)c1. The maximum absolute atomic E-state index is 12.1. The predicted octanol–water partition coefficient (Wildman–Crippen LogP) is 7.79. The van der Waals surface area contributed by atoms with E-state index in [4.69, 9.17) is 18.9 Å². The summed E-state index contributed by atoms with van der Waals surface area (Å²) in [6.07, 6.45) is 4.02. The van der Waals surface area contributed by atoms with Crippen LogP contribution in [0.4, 0.5) is 0 Å². The first-order valence-corrected chi connectivity index (χ1v) is 12.0. The second-order valence-corrected chi connectivity index (χ2v) is 8.67. The maximum Gasteiger partial charge on any atom is 0.337 e. The van der Waals surface area contributed by atoms with E-state index in [0.717, 1.165) is 26.9 Å². The van der Waals surface area contributed by atoms with Gasteiger partial charge in [-0.05, 0) is 65.2 Å². The molecule has 0 atom stereocenters. The maximum atomic E-state index is 12.1. The Kier molecular flexibility index (Phi) is 8.42. The Hall–Kier alpha value is -4.03. The van der Waals surface area contributed by atoms with Crippen LogP contribution in [0.15, 0.2) is 95.5 Å². The Morgan fingerprint density at radius 3 is 2.28 bits per heavy atom. The van der Waals surface area contributed by atoms with Crippen LogP contribution in [0.3, 0.4) is 0 Å². The molecule has 0 aliphatic carbocycles. The van der Waals surface area contributed by atoms with Gasteiger partial charge in [-0.2, -0.15) is 0 Å². The first-order valence-electron chi connectivity index (χ1n) is 11.2. The lowest BCUT2D eigenvalue weighted by molar-refractivity contribution is 0.0600. The normalized spacial score (nSPS) is 10.8. The highest BCUT2D eigenvalue weighted by Gasteiger charge is 2.13. The lowest BCUT2D eigenvalue weighted by Crippen LogP contribution is -2.03. The van der Waals surface area contributed by atoms with Crippen molar-refractivity contribution in [1.29, 1.82) is 0 Å². The molecule has 0 spiro atoms. The number of esters is 1. The van der Waals surface area contributed by atoms with Gasteiger partial charge in [0.2, 0.25) is 0 Å². The minimum Gasteiger partial charge on any atom is -0.497 e. The summed E-state index contributed by atoms with van der Waals surface area (Å²) >= 11 is 3.57. The molecule has 0 aromatic heterocycles. The molecule has 36 heavy (non-hydrogen) atoms. The van der Waals surface area contributed by atoms with Crippen molar-refractivity contribution in [2.75, 3.05) is 14.2 Å². The fraction of sp³-hybridized carbons (Fsp3) is 0.100. The molecule has 4 aromatic rings. The Morgan fingerprint density at radius 1 is 0.806 bits per heavy atom. The standard InChI is InChI=1S/C30H25BrO5/c1-33-26-15-16-27(31)23(18-26)11-8-21-9-13-25(14-10-21)36-29-19-24(30(32)34-2)12-17-28(29)35-20-22-6-4-3-5-7-22/h3-19H,20H2,1-2H3/b11-8+. The predicted molar refractivity (Wildman–Crippen MR) is 145 cm³/mol. The number of carbonyl (C=O) groups excluding carboxylic acids is 1. The summed E-state index contributed by atoms with van der Waals surface area (Å²) in [5.41, 5.74) is 3.41. The van der Waals surface area contributed by atoms with Crippen molar-refractivity contribution in [3.05, 3.63) is 118 Å². The van der Waals surface area contributed by atoms with Gasteiger partial charge in [-0.3, -0.25) is 0 Å². The van der Waals surface area contributed by atoms with Crippen molar-refractivity contribution >= 4 is 34.1 Å². The molecule has 6 heteroatoms. The fourth-order valence-corrected chi connectivity index (χ4v) is 3.80. The van der Waals surface area contributed by atoms with Crippen LogP contribution in [0.5, 0.6) is 23.0 Å². The third-order valence-corrected chi connectivity index (χ3v) is 6.09. The zero-order chi connectivity index (χ0) is 25.3. The molecule has 0 heterocycles. The van der Waals surface area contributed by atoms with Gasteiger partial charge < -0.3 is 18.9 Å². The Balaban J connectivity index is 1.52. The molecule has 0 aliphatic heterocycles. The molecule has 0 radical (unpaired) electrons. The highest BCUT2D eigenvalue weighted by Crippen LogP contribution is 2.34. The Labute approximate surface area is 219 Å². The van der Waals surface area contributed by atoms with Crippen molar-refractivity contribution in [2.24, 2.45) is 0 Å². The molecule has 182 valence electrons. The van der Waals surface area contributed by atoms with Crippen LogP contribution < -0.4 is 14.2 Å². The lowest BCUT2D eigenvalue weighted by Gasteiger charge is -2.14. The number of halogens is 1. The molecule has 5 nitrogen and oxygen atoms in total. The number of methoxy groups -OCH3 is 2. The van der Waals surface area contributed by atoms with E-state index in [-0.39, 0.29) is 0 Å². The topological polar surface area (TPSA) is 54.0 Å². The molecular formula is C30H25BrO5. The van der Waals surface area contributed by atoms with Crippen LogP contribution in [0.2, 0.25) is 0 Å². The molecule has 0 saturated heterocycles. The van der Waals surface area contributed by atoms with Crippen LogP contribution in [0.1, 0.15) is 27.0 Å². The third-order valence-electron chi connectivity index (χ3n) is 5.37. The van der Waals surface area contributed by atoms with Gasteiger partial charge in [-0.25, -0.2) is 4.79 Å². The molecular weight excluding hydrogens is 520 g/mol. The quantitative estimate of drug-likeness (QED) is 0.159. The minimum atomic E-state index is -0.446. The van der Waals surface area contributed by atoms with E-state index in [1.807, 2.05) is 84.9 Å². The molecule has 0 aliphatic rings. The Bertz CT molecular complexity index is 1350. The summed E-state index contributed by atoms with van der Waals surface area (Å²) < 4.78 is 23.3. The number of hydrogen-bond acceptors (Lipinski definition) is 5. The zero-order valence-electron chi connectivity index (χ0n) is 19.9. The van der Waals surface area contributed by atoms with Gasteiger partial charge in [0.05, 0.1) is 19.8 Å². The Morgan fingerprint density at radius 2 is 1.56 bits per heavy atom.